The lowest BCUT2D eigenvalue weighted by Crippen LogP contribution is -2.08. The maximum Gasteiger partial charge on any atom is 0.146 e. The first-order valence-electron chi connectivity index (χ1n) is 7.94. The third kappa shape index (κ3) is 3.78. The first-order chi connectivity index (χ1) is 12.0. The second kappa shape index (κ2) is 7.17. The number of hydrogen-bond donors (Lipinski definition) is 2. The average Bonchev–Trinajstić information content (AvgIpc) is 3.00. The lowest BCUT2D eigenvalue weighted by atomic mass is 10.1. The topological polar surface area (TPSA) is 73.3 Å². The van der Waals surface area contributed by atoms with Crippen molar-refractivity contribution < 1.29 is 9.84 Å². The molecule has 3 rings (SSSR count). The van der Waals surface area contributed by atoms with Crippen molar-refractivity contribution in [3.05, 3.63) is 70.5 Å². The molecular weight excluding hydrogens is 338 g/mol. The Morgan fingerprint density at radius 2 is 1.92 bits per heavy atom. The van der Waals surface area contributed by atoms with Crippen molar-refractivity contribution in [2.24, 2.45) is 5.73 Å². The fourth-order valence-corrected chi connectivity index (χ4v) is 2.81. The summed E-state index contributed by atoms with van der Waals surface area (Å²) in [5, 5.41) is 14.7. The number of phenols is 1. The van der Waals surface area contributed by atoms with Gasteiger partial charge in [0, 0.05) is 29.2 Å². The Bertz CT molecular complexity index is 873. The molecule has 0 radical (unpaired) electrons. The summed E-state index contributed by atoms with van der Waals surface area (Å²) in [6, 6.07) is 14.4. The fraction of sp³-hybridized carbons (Fsp3) is 0.211. The summed E-state index contributed by atoms with van der Waals surface area (Å²) in [7, 11) is 1.60. The van der Waals surface area contributed by atoms with E-state index in [4.69, 9.17) is 22.1 Å². The molecule has 130 valence electrons. The van der Waals surface area contributed by atoms with Gasteiger partial charge in [-0.15, -0.1) is 0 Å². The first-order valence-corrected chi connectivity index (χ1v) is 8.32. The zero-order chi connectivity index (χ0) is 18.0. The minimum atomic E-state index is -0.182. The number of nitrogens with zero attached hydrogens (tertiary/aromatic N) is 2. The van der Waals surface area contributed by atoms with Gasteiger partial charge in [0.1, 0.15) is 17.2 Å². The van der Waals surface area contributed by atoms with E-state index in [0.717, 1.165) is 22.6 Å². The molecule has 2 aromatic carbocycles. The fourth-order valence-electron chi connectivity index (χ4n) is 2.65. The van der Waals surface area contributed by atoms with E-state index in [1.807, 2.05) is 35.9 Å². The molecular formula is C19H20ClN3O2. The molecule has 0 spiro atoms. The highest BCUT2D eigenvalue weighted by Gasteiger charge is 2.16. The molecule has 1 aromatic heterocycles. The monoisotopic (exact) mass is 357 g/mol. The first kappa shape index (κ1) is 17.3. The van der Waals surface area contributed by atoms with Crippen molar-refractivity contribution >= 4 is 11.6 Å². The van der Waals surface area contributed by atoms with Crippen molar-refractivity contribution in [1.82, 2.24) is 9.78 Å². The summed E-state index contributed by atoms with van der Waals surface area (Å²) >= 11 is 6.07. The number of methoxy groups -OCH3 is 1. The van der Waals surface area contributed by atoms with Crippen LogP contribution in [-0.2, 0) is 6.42 Å². The lowest BCUT2D eigenvalue weighted by Gasteiger charge is -2.12. The van der Waals surface area contributed by atoms with Crippen LogP contribution in [0.4, 0.5) is 0 Å². The lowest BCUT2D eigenvalue weighted by molar-refractivity contribution is 0.411. The zero-order valence-electron chi connectivity index (χ0n) is 14.1. The highest BCUT2D eigenvalue weighted by molar-refractivity contribution is 6.30. The Labute approximate surface area is 151 Å². The maximum absolute atomic E-state index is 9.46. The molecule has 0 fully saturated rings. The summed E-state index contributed by atoms with van der Waals surface area (Å²) in [5.41, 5.74) is 9.65. The molecule has 1 atom stereocenters. The summed E-state index contributed by atoms with van der Waals surface area (Å²) in [4.78, 5) is 0. The standard InChI is InChI=1S/C19H20ClN3O2/c1-12(21)17-11-15(9-13-3-6-16(24)7-4-13)23(22-17)18-8-5-14(20)10-19(18)25-2/h3-8,10-12,24H,9,21H2,1-2H3. The van der Waals surface area contributed by atoms with Crippen LogP contribution in [0.5, 0.6) is 11.5 Å². The van der Waals surface area contributed by atoms with Crippen molar-refractivity contribution in [3.8, 4) is 17.2 Å². The van der Waals surface area contributed by atoms with E-state index in [-0.39, 0.29) is 11.8 Å². The van der Waals surface area contributed by atoms with Gasteiger partial charge in [-0.2, -0.15) is 5.10 Å². The Hall–Kier alpha value is -2.50. The second-order valence-electron chi connectivity index (χ2n) is 5.92. The van der Waals surface area contributed by atoms with Crippen LogP contribution < -0.4 is 10.5 Å². The van der Waals surface area contributed by atoms with E-state index >= 15 is 0 Å². The van der Waals surface area contributed by atoms with Crippen LogP contribution in [0.25, 0.3) is 5.69 Å². The van der Waals surface area contributed by atoms with Crippen molar-refractivity contribution in [2.75, 3.05) is 7.11 Å². The van der Waals surface area contributed by atoms with Crippen molar-refractivity contribution in [3.63, 3.8) is 0 Å². The Kier molecular flexibility index (Phi) is 4.97. The predicted molar refractivity (Wildman–Crippen MR) is 98.6 cm³/mol. The van der Waals surface area contributed by atoms with E-state index in [9.17, 15) is 5.11 Å². The van der Waals surface area contributed by atoms with E-state index in [0.29, 0.717) is 17.2 Å². The number of benzene rings is 2. The van der Waals surface area contributed by atoms with Crippen LogP contribution in [0.1, 0.15) is 29.9 Å². The van der Waals surface area contributed by atoms with Gasteiger partial charge in [-0.05, 0) is 42.8 Å². The molecule has 0 aliphatic heterocycles. The largest absolute Gasteiger partial charge is 0.508 e. The normalized spacial score (nSPS) is 12.2. The third-order valence-corrected chi connectivity index (χ3v) is 4.20. The number of ether oxygens (including phenoxy) is 1. The van der Waals surface area contributed by atoms with Crippen molar-refractivity contribution in [1.29, 1.82) is 0 Å². The highest BCUT2D eigenvalue weighted by atomic mass is 35.5. The van der Waals surface area contributed by atoms with Gasteiger partial charge in [-0.25, -0.2) is 4.68 Å². The minimum Gasteiger partial charge on any atom is -0.508 e. The van der Waals surface area contributed by atoms with Gasteiger partial charge in [0.25, 0.3) is 0 Å². The van der Waals surface area contributed by atoms with Gasteiger partial charge in [0.2, 0.25) is 0 Å². The van der Waals surface area contributed by atoms with Gasteiger partial charge in [0.15, 0.2) is 0 Å². The Morgan fingerprint density at radius 1 is 1.20 bits per heavy atom. The average molecular weight is 358 g/mol. The molecule has 1 heterocycles. The SMILES string of the molecule is COc1cc(Cl)ccc1-n1nc(C(C)N)cc1Cc1ccc(O)cc1. The number of hydrogen-bond acceptors (Lipinski definition) is 4. The molecule has 0 saturated carbocycles. The zero-order valence-corrected chi connectivity index (χ0v) is 14.9. The summed E-state index contributed by atoms with van der Waals surface area (Å²) < 4.78 is 7.30. The number of halogens is 1. The molecule has 0 saturated heterocycles. The summed E-state index contributed by atoms with van der Waals surface area (Å²) in [6.07, 6.45) is 0.645. The third-order valence-electron chi connectivity index (χ3n) is 3.96. The maximum atomic E-state index is 9.46. The Morgan fingerprint density at radius 3 is 2.56 bits per heavy atom. The van der Waals surface area contributed by atoms with Gasteiger partial charge in [0.05, 0.1) is 12.8 Å². The molecule has 1 unspecified atom stereocenters. The number of phenolic OH excluding ortho intramolecular Hbond substituents is 1. The van der Waals surface area contributed by atoms with Crippen molar-refractivity contribution in [2.45, 2.75) is 19.4 Å². The molecule has 5 nitrogen and oxygen atoms in total. The molecule has 6 heteroatoms. The summed E-state index contributed by atoms with van der Waals surface area (Å²) in [6.45, 7) is 1.90. The van der Waals surface area contributed by atoms with E-state index < -0.39 is 0 Å². The quantitative estimate of drug-likeness (QED) is 0.727. The number of nitrogens with two attached hydrogens (primary N) is 1. The van der Waals surface area contributed by atoms with Gasteiger partial charge >= 0.3 is 0 Å². The molecule has 3 aromatic rings. The molecule has 0 aliphatic rings. The molecule has 0 aliphatic carbocycles. The van der Waals surface area contributed by atoms with Crippen LogP contribution in [-0.4, -0.2) is 22.0 Å². The number of aromatic hydroxyl groups is 1. The molecule has 0 bridgehead atoms. The highest BCUT2D eigenvalue weighted by Crippen LogP contribution is 2.29. The molecule has 0 amide bonds. The van der Waals surface area contributed by atoms with Crippen LogP contribution in [0.3, 0.4) is 0 Å². The molecule has 3 N–H and O–H groups in total. The number of aromatic nitrogens is 2. The van der Waals surface area contributed by atoms with Gasteiger partial charge in [-0.1, -0.05) is 23.7 Å². The van der Waals surface area contributed by atoms with E-state index in [1.165, 1.54) is 0 Å². The second-order valence-corrected chi connectivity index (χ2v) is 6.36. The van der Waals surface area contributed by atoms with Crippen LogP contribution >= 0.6 is 11.6 Å². The summed E-state index contributed by atoms with van der Waals surface area (Å²) in [5.74, 6) is 0.881. The van der Waals surface area contributed by atoms with E-state index in [1.54, 1.807) is 31.4 Å². The van der Waals surface area contributed by atoms with Crippen LogP contribution in [0.2, 0.25) is 5.02 Å². The van der Waals surface area contributed by atoms with Gasteiger partial charge < -0.3 is 15.6 Å². The Balaban J connectivity index is 2.07. The predicted octanol–water partition coefficient (Wildman–Crippen LogP) is 3.85. The smallest absolute Gasteiger partial charge is 0.146 e. The molecule has 25 heavy (non-hydrogen) atoms. The van der Waals surface area contributed by atoms with Crippen LogP contribution in [0.15, 0.2) is 48.5 Å². The van der Waals surface area contributed by atoms with Crippen LogP contribution in [0, 0.1) is 0 Å². The minimum absolute atomic E-state index is 0.182. The number of rotatable bonds is 5. The van der Waals surface area contributed by atoms with Gasteiger partial charge in [-0.3, -0.25) is 0 Å². The van der Waals surface area contributed by atoms with E-state index in [2.05, 4.69) is 5.10 Å².